The lowest BCUT2D eigenvalue weighted by atomic mass is 10.1. The van der Waals surface area contributed by atoms with E-state index < -0.39 is 0 Å². The summed E-state index contributed by atoms with van der Waals surface area (Å²) in [5.74, 6) is 0.562. The molecule has 2 unspecified atom stereocenters. The molecule has 5 nitrogen and oxygen atoms in total. The van der Waals surface area contributed by atoms with E-state index in [1.165, 1.54) is 0 Å². The van der Waals surface area contributed by atoms with Crippen LogP contribution in [-0.4, -0.2) is 33.2 Å². The summed E-state index contributed by atoms with van der Waals surface area (Å²) >= 11 is 0. The van der Waals surface area contributed by atoms with Gasteiger partial charge in [-0.1, -0.05) is 6.92 Å². The van der Waals surface area contributed by atoms with Gasteiger partial charge in [-0.2, -0.15) is 5.10 Å². The predicted octanol–water partition coefficient (Wildman–Crippen LogP) is 1.18. The summed E-state index contributed by atoms with van der Waals surface area (Å²) in [6.07, 6.45) is 1.06. The van der Waals surface area contributed by atoms with Crippen molar-refractivity contribution in [3.63, 3.8) is 0 Å². The third kappa shape index (κ3) is 1.90. The van der Waals surface area contributed by atoms with Crippen LogP contribution in [0.2, 0.25) is 0 Å². The highest BCUT2D eigenvalue weighted by atomic mass is 16.2. The van der Waals surface area contributed by atoms with Gasteiger partial charge in [-0.05, 0) is 26.2 Å². The number of likely N-dealkylation sites (tertiary alicyclic amines) is 1. The zero-order chi connectivity index (χ0) is 12.7. The molecule has 0 aliphatic carbocycles. The van der Waals surface area contributed by atoms with E-state index in [9.17, 15) is 4.79 Å². The number of anilines is 1. The van der Waals surface area contributed by atoms with Crippen LogP contribution < -0.4 is 5.73 Å². The predicted molar refractivity (Wildman–Crippen MR) is 66.6 cm³/mol. The maximum atomic E-state index is 12.4. The maximum absolute atomic E-state index is 12.4. The number of hydrogen-bond donors (Lipinski definition) is 1. The van der Waals surface area contributed by atoms with Crippen molar-refractivity contribution in [1.82, 2.24) is 14.7 Å². The van der Waals surface area contributed by atoms with Crippen LogP contribution >= 0.6 is 0 Å². The van der Waals surface area contributed by atoms with E-state index >= 15 is 0 Å². The summed E-state index contributed by atoms with van der Waals surface area (Å²) < 4.78 is 1.59. The summed E-state index contributed by atoms with van der Waals surface area (Å²) in [7, 11) is 1.76. The van der Waals surface area contributed by atoms with Crippen LogP contribution in [-0.2, 0) is 7.05 Å². The van der Waals surface area contributed by atoms with Crippen molar-refractivity contribution in [3.8, 4) is 0 Å². The van der Waals surface area contributed by atoms with Crippen molar-refractivity contribution in [2.24, 2.45) is 13.0 Å². The van der Waals surface area contributed by atoms with E-state index in [1.54, 1.807) is 11.7 Å². The van der Waals surface area contributed by atoms with E-state index in [4.69, 9.17) is 5.73 Å². The molecule has 5 heteroatoms. The first-order valence-corrected chi connectivity index (χ1v) is 6.01. The lowest BCUT2D eigenvalue weighted by Crippen LogP contribution is -2.35. The smallest absolute Gasteiger partial charge is 0.274 e. The molecule has 1 aromatic heterocycles. The van der Waals surface area contributed by atoms with Crippen LogP contribution in [0.1, 0.15) is 36.5 Å². The summed E-state index contributed by atoms with van der Waals surface area (Å²) in [5.41, 5.74) is 7.66. The minimum Gasteiger partial charge on any atom is -0.395 e. The zero-order valence-corrected chi connectivity index (χ0v) is 10.9. The van der Waals surface area contributed by atoms with Crippen LogP contribution in [0.25, 0.3) is 0 Å². The van der Waals surface area contributed by atoms with Crippen molar-refractivity contribution in [1.29, 1.82) is 0 Å². The Balaban J connectivity index is 2.31. The molecule has 0 radical (unpaired) electrons. The fourth-order valence-electron chi connectivity index (χ4n) is 2.65. The van der Waals surface area contributed by atoms with Gasteiger partial charge in [0.2, 0.25) is 0 Å². The number of amides is 1. The monoisotopic (exact) mass is 236 g/mol. The normalized spacial score (nSPS) is 24.4. The summed E-state index contributed by atoms with van der Waals surface area (Å²) in [5, 5.41) is 4.19. The highest BCUT2D eigenvalue weighted by Gasteiger charge is 2.33. The Morgan fingerprint density at radius 3 is 2.53 bits per heavy atom. The molecule has 0 saturated carbocycles. The molecule has 1 aliphatic heterocycles. The first-order valence-electron chi connectivity index (χ1n) is 6.01. The van der Waals surface area contributed by atoms with Crippen molar-refractivity contribution in [2.75, 3.05) is 12.3 Å². The molecule has 2 rings (SSSR count). The second kappa shape index (κ2) is 4.05. The van der Waals surface area contributed by atoms with Gasteiger partial charge in [0.25, 0.3) is 5.91 Å². The lowest BCUT2D eigenvalue weighted by Gasteiger charge is -2.21. The number of rotatable bonds is 1. The van der Waals surface area contributed by atoms with Crippen LogP contribution in [0.15, 0.2) is 0 Å². The number of nitrogens with zero attached hydrogens (tertiary/aromatic N) is 3. The van der Waals surface area contributed by atoms with Crippen molar-refractivity contribution in [3.05, 3.63) is 11.4 Å². The molecule has 1 aromatic rings. The molecular formula is C12H20N4O. The standard InChI is InChI=1S/C12H20N4O/c1-7-5-8(2)16(6-7)12(17)11-10(13)9(3)14-15(11)4/h7-8H,5-6,13H2,1-4H3. The van der Waals surface area contributed by atoms with Crippen LogP contribution in [0, 0.1) is 12.8 Å². The van der Waals surface area contributed by atoms with Crippen molar-refractivity contribution in [2.45, 2.75) is 33.2 Å². The number of hydrogen-bond acceptors (Lipinski definition) is 3. The summed E-state index contributed by atoms with van der Waals surface area (Å²) in [4.78, 5) is 14.3. The molecule has 0 aromatic carbocycles. The van der Waals surface area contributed by atoms with Crippen LogP contribution in [0.5, 0.6) is 0 Å². The topological polar surface area (TPSA) is 64.2 Å². The van der Waals surface area contributed by atoms with Crippen molar-refractivity contribution < 1.29 is 4.79 Å². The Kier molecular flexibility index (Phi) is 2.85. The van der Waals surface area contributed by atoms with E-state index in [0.717, 1.165) is 18.7 Å². The second-order valence-corrected chi connectivity index (χ2v) is 5.12. The molecule has 0 bridgehead atoms. The number of aromatic nitrogens is 2. The van der Waals surface area contributed by atoms with Gasteiger partial charge < -0.3 is 10.6 Å². The fourth-order valence-corrected chi connectivity index (χ4v) is 2.65. The third-order valence-electron chi connectivity index (χ3n) is 3.52. The third-order valence-corrected chi connectivity index (χ3v) is 3.52. The quantitative estimate of drug-likeness (QED) is 0.796. The van der Waals surface area contributed by atoms with Gasteiger partial charge in [-0.3, -0.25) is 9.48 Å². The first-order chi connectivity index (χ1) is 7.91. The number of nitrogen functional groups attached to an aromatic ring is 1. The SMILES string of the molecule is Cc1nn(C)c(C(=O)N2CC(C)CC2C)c1N. The molecule has 1 amide bonds. The zero-order valence-electron chi connectivity index (χ0n) is 10.9. The van der Waals surface area contributed by atoms with E-state index in [0.29, 0.717) is 17.3 Å². The van der Waals surface area contributed by atoms with Gasteiger partial charge in [-0.15, -0.1) is 0 Å². The average molecular weight is 236 g/mol. The molecule has 94 valence electrons. The highest BCUT2D eigenvalue weighted by Crippen LogP contribution is 2.26. The van der Waals surface area contributed by atoms with Gasteiger partial charge in [0, 0.05) is 19.6 Å². The minimum absolute atomic E-state index is 0.00227. The maximum Gasteiger partial charge on any atom is 0.274 e. The molecule has 1 saturated heterocycles. The van der Waals surface area contributed by atoms with Gasteiger partial charge in [-0.25, -0.2) is 0 Å². The Morgan fingerprint density at radius 2 is 2.12 bits per heavy atom. The summed E-state index contributed by atoms with van der Waals surface area (Å²) in [6, 6.07) is 0.284. The van der Waals surface area contributed by atoms with Crippen molar-refractivity contribution >= 4 is 11.6 Å². The largest absolute Gasteiger partial charge is 0.395 e. The number of nitrogens with two attached hydrogens (primary N) is 1. The van der Waals surface area contributed by atoms with Crippen LogP contribution in [0.4, 0.5) is 5.69 Å². The average Bonchev–Trinajstić information content (AvgIpc) is 2.68. The molecule has 1 fully saturated rings. The first kappa shape index (κ1) is 12.0. The second-order valence-electron chi connectivity index (χ2n) is 5.12. The molecule has 0 spiro atoms. The molecule has 1 aliphatic rings. The van der Waals surface area contributed by atoms with Gasteiger partial charge >= 0.3 is 0 Å². The van der Waals surface area contributed by atoms with E-state index in [1.807, 2.05) is 11.8 Å². The van der Waals surface area contributed by atoms with Gasteiger partial charge in [0.15, 0.2) is 0 Å². The van der Waals surface area contributed by atoms with E-state index in [-0.39, 0.29) is 11.9 Å². The molecule has 2 N–H and O–H groups in total. The Bertz CT molecular complexity index is 452. The lowest BCUT2D eigenvalue weighted by molar-refractivity contribution is 0.0733. The Hall–Kier alpha value is -1.52. The Labute approximate surface area is 102 Å². The minimum atomic E-state index is 0.00227. The number of carbonyl (C=O) groups is 1. The van der Waals surface area contributed by atoms with E-state index in [2.05, 4.69) is 18.9 Å². The highest BCUT2D eigenvalue weighted by molar-refractivity contribution is 5.98. The number of aryl methyl sites for hydroxylation is 2. The van der Waals surface area contributed by atoms with Gasteiger partial charge in [0.05, 0.1) is 11.4 Å². The molecular weight excluding hydrogens is 216 g/mol. The number of carbonyl (C=O) groups excluding carboxylic acids is 1. The molecule has 17 heavy (non-hydrogen) atoms. The fraction of sp³-hybridized carbons (Fsp3) is 0.667. The van der Waals surface area contributed by atoms with Crippen LogP contribution in [0.3, 0.4) is 0 Å². The summed E-state index contributed by atoms with van der Waals surface area (Å²) in [6.45, 7) is 6.88. The molecule has 2 atom stereocenters. The Morgan fingerprint density at radius 1 is 1.47 bits per heavy atom. The molecule has 2 heterocycles. The van der Waals surface area contributed by atoms with Gasteiger partial charge in [0.1, 0.15) is 5.69 Å².